The van der Waals surface area contributed by atoms with Crippen molar-refractivity contribution < 1.29 is 13.2 Å². The number of anilines is 1. The molecule has 28 heavy (non-hydrogen) atoms. The van der Waals surface area contributed by atoms with E-state index in [9.17, 15) is 13.2 Å². The van der Waals surface area contributed by atoms with E-state index in [1.165, 1.54) is 12.1 Å². The summed E-state index contributed by atoms with van der Waals surface area (Å²) in [5.41, 5.74) is 14.9. The van der Waals surface area contributed by atoms with Crippen molar-refractivity contribution in [1.82, 2.24) is 4.98 Å². The molecule has 0 atom stereocenters. The Morgan fingerprint density at radius 3 is 2.50 bits per heavy atom. The lowest BCUT2D eigenvalue weighted by Gasteiger charge is -2.16. The van der Waals surface area contributed by atoms with Gasteiger partial charge in [-0.25, -0.2) is 8.42 Å². The number of carbonyl (C=O) groups excluding carboxylic acids is 1. The Morgan fingerprint density at radius 2 is 1.89 bits per heavy atom. The SMILES string of the molecule is CS(=O)(=O)Cc1ccc(C(N)=O)c(-c2ccc(Cl)c(-c3ccccn3)c2)c1N. The molecule has 8 heteroatoms. The second kappa shape index (κ2) is 7.61. The van der Waals surface area contributed by atoms with Gasteiger partial charge in [0.25, 0.3) is 0 Å². The molecule has 0 fully saturated rings. The highest BCUT2D eigenvalue weighted by molar-refractivity contribution is 7.89. The van der Waals surface area contributed by atoms with Gasteiger partial charge in [-0.15, -0.1) is 0 Å². The monoisotopic (exact) mass is 415 g/mol. The molecule has 1 heterocycles. The molecule has 1 amide bonds. The normalized spacial score (nSPS) is 11.4. The number of hydrogen-bond acceptors (Lipinski definition) is 5. The second-order valence-corrected chi connectivity index (χ2v) is 8.95. The number of nitrogens with zero attached hydrogens (tertiary/aromatic N) is 1. The summed E-state index contributed by atoms with van der Waals surface area (Å²) in [6, 6.07) is 13.6. The Bertz CT molecular complexity index is 1160. The lowest BCUT2D eigenvalue weighted by molar-refractivity contribution is 0.100. The maximum absolute atomic E-state index is 12.0. The molecule has 0 unspecified atom stereocenters. The number of primary amides is 1. The van der Waals surface area contributed by atoms with E-state index in [0.717, 1.165) is 6.26 Å². The zero-order valence-electron chi connectivity index (χ0n) is 15.0. The maximum Gasteiger partial charge on any atom is 0.249 e. The van der Waals surface area contributed by atoms with Crippen LogP contribution >= 0.6 is 11.6 Å². The first-order valence-electron chi connectivity index (χ1n) is 8.27. The van der Waals surface area contributed by atoms with Crippen LogP contribution in [0.5, 0.6) is 0 Å². The Labute approximate surface area is 168 Å². The fraction of sp³-hybridized carbons (Fsp3) is 0.100. The first kappa shape index (κ1) is 19.9. The molecule has 0 radical (unpaired) electrons. The van der Waals surface area contributed by atoms with Gasteiger partial charge < -0.3 is 11.5 Å². The average molecular weight is 416 g/mol. The molecule has 0 saturated heterocycles. The van der Waals surface area contributed by atoms with Gasteiger partial charge in [-0.05, 0) is 41.5 Å². The van der Waals surface area contributed by atoms with Crippen molar-refractivity contribution >= 4 is 33.0 Å². The summed E-state index contributed by atoms with van der Waals surface area (Å²) < 4.78 is 23.5. The summed E-state index contributed by atoms with van der Waals surface area (Å²) in [4.78, 5) is 16.3. The Hall–Kier alpha value is -2.90. The van der Waals surface area contributed by atoms with Crippen molar-refractivity contribution in [3.05, 3.63) is 70.9 Å². The highest BCUT2D eigenvalue weighted by atomic mass is 35.5. The van der Waals surface area contributed by atoms with E-state index in [2.05, 4.69) is 4.98 Å². The molecule has 0 spiro atoms. The van der Waals surface area contributed by atoms with Crippen LogP contribution in [-0.4, -0.2) is 25.6 Å². The van der Waals surface area contributed by atoms with Crippen LogP contribution in [0.3, 0.4) is 0 Å². The van der Waals surface area contributed by atoms with Gasteiger partial charge >= 0.3 is 0 Å². The standard InChI is InChI=1S/C20H18ClN3O3S/c1-28(26,27)11-13-5-7-14(20(23)25)18(19(13)22)12-6-8-16(21)15(10-12)17-4-2-3-9-24-17/h2-10H,11,22H2,1H3,(H2,23,25). The zero-order valence-corrected chi connectivity index (χ0v) is 16.6. The Kier molecular flexibility index (Phi) is 5.40. The second-order valence-electron chi connectivity index (χ2n) is 6.40. The summed E-state index contributed by atoms with van der Waals surface area (Å²) in [5.74, 6) is -0.909. The van der Waals surface area contributed by atoms with Crippen molar-refractivity contribution in [2.75, 3.05) is 12.0 Å². The number of pyridine rings is 1. The van der Waals surface area contributed by atoms with Crippen LogP contribution in [-0.2, 0) is 15.6 Å². The number of benzene rings is 2. The molecule has 0 aliphatic rings. The molecule has 6 nitrogen and oxygen atoms in total. The van der Waals surface area contributed by atoms with E-state index in [0.29, 0.717) is 33.0 Å². The minimum atomic E-state index is -3.32. The van der Waals surface area contributed by atoms with Gasteiger partial charge in [-0.3, -0.25) is 9.78 Å². The van der Waals surface area contributed by atoms with Gasteiger partial charge in [0.1, 0.15) is 0 Å². The summed E-state index contributed by atoms with van der Waals surface area (Å²) in [5, 5.41) is 0.480. The molecule has 3 aromatic rings. The fourth-order valence-electron chi connectivity index (χ4n) is 2.99. The van der Waals surface area contributed by atoms with E-state index in [-0.39, 0.29) is 17.0 Å². The van der Waals surface area contributed by atoms with Crippen LogP contribution in [0.2, 0.25) is 5.02 Å². The van der Waals surface area contributed by atoms with Crippen LogP contribution < -0.4 is 11.5 Å². The van der Waals surface area contributed by atoms with Gasteiger partial charge in [0.15, 0.2) is 9.84 Å². The number of carbonyl (C=O) groups is 1. The van der Waals surface area contributed by atoms with Crippen LogP contribution in [0.25, 0.3) is 22.4 Å². The molecular weight excluding hydrogens is 398 g/mol. The highest BCUT2D eigenvalue weighted by Crippen LogP contribution is 2.37. The summed E-state index contributed by atoms with van der Waals surface area (Å²) in [7, 11) is -3.32. The van der Waals surface area contributed by atoms with Gasteiger partial charge in [0.05, 0.1) is 11.4 Å². The smallest absolute Gasteiger partial charge is 0.249 e. The summed E-state index contributed by atoms with van der Waals surface area (Å²) >= 11 is 6.34. The molecule has 2 aromatic carbocycles. The summed E-state index contributed by atoms with van der Waals surface area (Å²) in [6.45, 7) is 0. The third-order valence-corrected chi connectivity index (χ3v) is 5.38. The van der Waals surface area contributed by atoms with Crippen LogP contribution in [0.15, 0.2) is 54.7 Å². The van der Waals surface area contributed by atoms with E-state index >= 15 is 0 Å². The average Bonchev–Trinajstić information content (AvgIpc) is 2.63. The van der Waals surface area contributed by atoms with Gasteiger partial charge in [0, 0.05) is 39.9 Å². The lowest BCUT2D eigenvalue weighted by Crippen LogP contribution is -2.15. The van der Waals surface area contributed by atoms with Crippen molar-refractivity contribution in [1.29, 1.82) is 0 Å². The molecule has 0 bridgehead atoms. The van der Waals surface area contributed by atoms with Crippen molar-refractivity contribution in [2.24, 2.45) is 5.73 Å². The number of halogens is 1. The molecule has 0 saturated carbocycles. The number of hydrogen-bond donors (Lipinski definition) is 2. The quantitative estimate of drug-likeness (QED) is 0.620. The van der Waals surface area contributed by atoms with Crippen LogP contribution in [0.4, 0.5) is 5.69 Å². The van der Waals surface area contributed by atoms with Crippen LogP contribution in [0.1, 0.15) is 15.9 Å². The zero-order chi connectivity index (χ0) is 20.5. The number of sulfone groups is 1. The number of amides is 1. The first-order chi connectivity index (χ1) is 13.2. The number of rotatable bonds is 5. The Balaban J connectivity index is 2.25. The van der Waals surface area contributed by atoms with E-state index in [4.69, 9.17) is 23.1 Å². The molecule has 144 valence electrons. The van der Waals surface area contributed by atoms with Crippen molar-refractivity contribution in [2.45, 2.75) is 5.75 Å². The fourth-order valence-corrected chi connectivity index (χ4v) is 4.02. The molecular formula is C20H18ClN3O3S. The lowest BCUT2D eigenvalue weighted by atomic mass is 9.93. The number of aromatic nitrogens is 1. The summed E-state index contributed by atoms with van der Waals surface area (Å²) in [6.07, 6.45) is 2.77. The largest absolute Gasteiger partial charge is 0.398 e. The van der Waals surface area contributed by atoms with E-state index in [1.54, 1.807) is 30.5 Å². The van der Waals surface area contributed by atoms with Gasteiger partial charge in [-0.2, -0.15) is 0 Å². The first-order valence-corrected chi connectivity index (χ1v) is 10.7. The maximum atomic E-state index is 12.0. The van der Waals surface area contributed by atoms with Crippen LogP contribution in [0, 0.1) is 0 Å². The number of nitrogen functional groups attached to an aromatic ring is 1. The molecule has 0 aliphatic carbocycles. The molecule has 0 aliphatic heterocycles. The third kappa shape index (κ3) is 4.16. The van der Waals surface area contributed by atoms with E-state index < -0.39 is 15.7 Å². The minimum absolute atomic E-state index is 0.191. The molecule has 1 aromatic heterocycles. The third-order valence-electron chi connectivity index (χ3n) is 4.21. The highest BCUT2D eigenvalue weighted by Gasteiger charge is 2.19. The predicted molar refractivity (Wildman–Crippen MR) is 112 cm³/mol. The number of nitrogens with two attached hydrogens (primary N) is 2. The molecule has 4 N–H and O–H groups in total. The van der Waals surface area contributed by atoms with Gasteiger partial charge in [-0.1, -0.05) is 29.8 Å². The van der Waals surface area contributed by atoms with Crippen molar-refractivity contribution in [3.8, 4) is 22.4 Å². The predicted octanol–water partition coefficient (Wildman–Crippen LogP) is 3.29. The van der Waals surface area contributed by atoms with E-state index in [1.807, 2.05) is 12.1 Å². The Morgan fingerprint density at radius 1 is 1.14 bits per heavy atom. The molecule has 3 rings (SSSR count). The topological polar surface area (TPSA) is 116 Å². The minimum Gasteiger partial charge on any atom is -0.398 e. The van der Waals surface area contributed by atoms with Crippen molar-refractivity contribution in [3.63, 3.8) is 0 Å². The van der Waals surface area contributed by atoms with Gasteiger partial charge in [0.2, 0.25) is 5.91 Å².